The molecule has 0 saturated carbocycles. The van der Waals surface area contributed by atoms with Crippen LogP contribution in [-0.4, -0.2) is 15.7 Å². The lowest BCUT2D eigenvalue weighted by atomic mass is 9.84. The van der Waals surface area contributed by atoms with Crippen molar-refractivity contribution in [1.82, 2.24) is 9.78 Å². The molecule has 0 N–H and O–H groups in total. The highest BCUT2D eigenvalue weighted by Crippen LogP contribution is 2.27. The van der Waals surface area contributed by atoms with Gasteiger partial charge in [0.2, 0.25) is 0 Å². The molecule has 0 spiro atoms. The number of carbonyl (C=O) groups is 1. The van der Waals surface area contributed by atoms with Gasteiger partial charge in [0.25, 0.3) is 0 Å². The Morgan fingerprint density at radius 3 is 2.17 bits per heavy atom. The van der Waals surface area contributed by atoms with E-state index in [9.17, 15) is 4.79 Å². The Morgan fingerprint density at radius 1 is 1.00 bits per heavy atom. The van der Waals surface area contributed by atoms with Gasteiger partial charge in [-0.15, -0.1) is 0 Å². The number of hydrogen-bond donors (Lipinski definition) is 0. The van der Waals surface area contributed by atoms with Crippen LogP contribution in [0.2, 0.25) is 0 Å². The van der Waals surface area contributed by atoms with Crippen molar-refractivity contribution in [1.29, 1.82) is 0 Å². The highest BCUT2D eigenvalue weighted by atomic mass is 16.5. The van der Waals surface area contributed by atoms with E-state index < -0.39 is 0 Å². The molecule has 0 amide bonds. The van der Waals surface area contributed by atoms with Crippen LogP contribution >= 0.6 is 0 Å². The second-order valence-corrected chi connectivity index (χ2v) is 9.10. The van der Waals surface area contributed by atoms with Crippen LogP contribution in [0.1, 0.15) is 70.3 Å². The Labute approximate surface area is 179 Å². The molecule has 4 heteroatoms. The third-order valence-corrected chi connectivity index (χ3v) is 5.67. The molecule has 0 radical (unpaired) electrons. The molecule has 4 nitrogen and oxygen atoms in total. The first-order valence-electron chi connectivity index (χ1n) is 10.4. The minimum Gasteiger partial charge on any atom is -0.457 e. The van der Waals surface area contributed by atoms with Crippen LogP contribution in [0.25, 0.3) is 0 Å². The molecule has 0 aliphatic heterocycles. The number of ether oxygens (including phenoxy) is 1. The maximum absolute atomic E-state index is 12.9. The normalized spacial score (nSPS) is 11.6. The number of nitrogens with zero attached hydrogens (tertiary/aromatic N) is 2. The number of benzene rings is 2. The summed E-state index contributed by atoms with van der Waals surface area (Å²) in [7, 11) is 0. The maximum atomic E-state index is 12.9. The Balaban J connectivity index is 1.77. The third kappa shape index (κ3) is 4.64. The summed E-state index contributed by atoms with van der Waals surface area (Å²) in [6, 6.07) is 14.5. The lowest BCUT2D eigenvalue weighted by molar-refractivity contribution is 0.0469. The summed E-state index contributed by atoms with van der Waals surface area (Å²) in [6.45, 7) is 15.5. The van der Waals surface area contributed by atoms with E-state index in [0.29, 0.717) is 17.8 Å². The van der Waals surface area contributed by atoms with Gasteiger partial charge < -0.3 is 4.74 Å². The van der Waals surface area contributed by atoms with Gasteiger partial charge in [0.15, 0.2) is 0 Å². The van der Waals surface area contributed by atoms with Gasteiger partial charge in [-0.25, -0.2) is 4.79 Å². The second-order valence-electron chi connectivity index (χ2n) is 9.10. The molecular formula is C26H32N2O2. The van der Waals surface area contributed by atoms with Crippen LogP contribution in [0.3, 0.4) is 0 Å². The number of aromatic nitrogens is 2. The summed E-state index contributed by atoms with van der Waals surface area (Å²) in [5.74, 6) is -0.317. The summed E-state index contributed by atoms with van der Waals surface area (Å²) in [5.41, 5.74) is 8.00. The molecule has 3 aromatic rings. The molecule has 0 bridgehead atoms. The first kappa shape index (κ1) is 21.8. The van der Waals surface area contributed by atoms with E-state index in [4.69, 9.17) is 4.74 Å². The SMILES string of the molecule is Cc1cc(C(C)(C)C)cc(C)c1COC(=O)c1c(C)nn(Cc2ccccc2)c1C. The number of rotatable bonds is 5. The molecule has 1 aromatic heterocycles. The van der Waals surface area contributed by atoms with Crippen LogP contribution in [0, 0.1) is 27.7 Å². The van der Waals surface area contributed by atoms with Gasteiger partial charge in [-0.05, 0) is 60.9 Å². The van der Waals surface area contributed by atoms with Gasteiger partial charge in [0.05, 0.1) is 17.9 Å². The number of carbonyl (C=O) groups excluding carboxylic acids is 1. The van der Waals surface area contributed by atoms with Crippen molar-refractivity contribution < 1.29 is 9.53 Å². The highest BCUT2D eigenvalue weighted by molar-refractivity contribution is 5.91. The monoisotopic (exact) mass is 404 g/mol. The molecule has 158 valence electrons. The predicted molar refractivity (Wildman–Crippen MR) is 121 cm³/mol. The third-order valence-electron chi connectivity index (χ3n) is 5.67. The van der Waals surface area contributed by atoms with Crippen molar-refractivity contribution in [3.63, 3.8) is 0 Å². The molecular weight excluding hydrogens is 372 g/mol. The molecule has 2 aromatic carbocycles. The van der Waals surface area contributed by atoms with Crippen LogP contribution < -0.4 is 0 Å². The Bertz CT molecular complexity index is 1030. The number of aryl methyl sites for hydroxylation is 3. The molecule has 30 heavy (non-hydrogen) atoms. The average Bonchev–Trinajstić information content (AvgIpc) is 2.94. The Morgan fingerprint density at radius 2 is 1.60 bits per heavy atom. The minimum absolute atomic E-state index is 0.0896. The smallest absolute Gasteiger partial charge is 0.342 e. The first-order valence-corrected chi connectivity index (χ1v) is 10.4. The van der Waals surface area contributed by atoms with E-state index in [-0.39, 0.29) is 18.0 Å². The Hall–Kier alpha value is -2.88. The van der Waals surface area contributed by atoms with Crippen molar-refractivity contribution in [3.8, 4) is 0 Å². The lowest BCUT2D eigenvalue weighted by Crippen LogP contribution is -2.14. The molecule has 0 fully saturated rings. The highest BCUT2D eigenvalue weighted by Gasteiger charge is 2.21. The zero-order chi connectivity index (χ0) is 22.1. The zero-order valence-electron chi connectivity index (χ0n) is 19.2. The number of hydrogen-bond acceptors (Lipinski definition) is 3. The Kier molecular flexibility index (Phi) is 6.16. The molecule has 0 unspecified atom stereocenters. The summed E-state index contributed by atoms with van der Waals surface area (Å²) in [6.07, 6.45) is 0. The molecule has 0 atom stereocenters. The fourth-order valence-electron chi connectivity index (χ4n) is 3.77. The molecule has 0 saturated heterocycles. The van der Waals surface area contributed by atoms with Gasteiger partial charge in [-0.2, -0.15) is 5.10 Å². The fourth-order valence-corrected chi connectivity index (χ4v) is 3.77. The molecule has 0 aliphatic rings. The standard InChI is InChI=1S/C26H32N2O2/c1-17-13-22(26(5,6)7)14-18(2)23(17)16-30-25(29)24-19(3)27-28(20(24)4)15-21-11-9-8-10-12-21/h8-14H,15-16H2,1-7H3. The maximum Gasteiger partial charge on any atom is 0.342 e. The summed E-state index contributed by atoms with van der Waals surface area (Å²) in [5, 5.41) is 4.57. The van der Waals surface area contributed by atoms with Crippen LogP contribution in [0.4, 0.5) is 0 Å². The van der Waals surface area contributed by atoms with Crippen LogP contribution in [0.15, 0.2) is 42.5 Å². The van der Waals surface area contributed by atoms with Gasteiger partial charge in [-0.1, -0.05) is 63.2 Å². The minimum atomic E-state index is -0.317. The summed E-state index contributed by atoms with van der Waals surface area (Å²) < 4.78 is 7.61. The van der Waals surface area contributed by atoms with E-state index in [1.165, 1.54) is 5.56 Å². The second kappa shape index (κ2) is 8.47. The molecule has 0 aliphatic carbocycles. The van der Waals surface area contributed by atoms with E-state index in [0.717, 1.165) is 27.9 Å². The van der Waals surface area contributed by atoms with Gasteiger partial charge in [-0.3, -0.25) is 4.68 Å². The van der Waals surface area contributed by atoms with Crippen molar-refractivity contribution in [3.05, 3.63) is 87.2 Å². The quantitative estimate of drug-likeness (QED) is 0.503. The molecule has 1 heterocycles. The summed E-state index contributed by atoms with van der Waals surface area (Å²) >= 11 is 0. The summed E-state index contributed by atoms with van der Waals surface area (Å²) in [4.78, 5) is 12.9. The topological polar surface area (TPSA) is 44.1 Å². The van der Waals surface area contributed by atoms with Gasteiger partial charge in [0, 0.05) is 0 Å². The average molecular weight is 405 g/mol. The van der Waals surface area contributed by atoms with Crippen molar-refractivity contribution in [2.24, 2.45) is 0 Å². The molecule has 3 rings (SSSR count). The largest absolute Gasteiger partial charge is 0.457 e. The fraction of sp³-hybridized carbons (Fsp3) is 0.385. The van der Waals surface area contributed by atoms with E-state index >= 15 is 0 Å². The lowest BCUT2D eigenvalue weighted by Gasteiger charge is -2.22. The van der Waals surface area contributed by atoms with Crippen molar-refractivity contribution in [2.75, 3.05) is 0 Å². The van der Waals surface area contributed by atoms with E-state index in [2.05, 4.69) is 64.0 Å². The van der Waals surface area contributed by atoms with Gasteiger partial charge >= 0.3 is 5.97 Å². The van der Waals surface area contributed by atoms with Gasteiger partial charge in [0.1, 0.15) is 12.2 Å². The zero-order valence-corrected chi connectivity index (χ0v) is 19.2. The van der Waals surface area contributed by atoms with Crippen molar-refractivity contribution >= 4 is 5.97 Å². The van der Waals surface area contributed by atoms with Crippen LogP contribution in [0.5, 0.6) is 0 Å². The van der Waals surface area contributed by atoms with E-state index in [1.54, 1.807) is 0 Å². The number of esters is 1. The first-order chi connectivity index (χ1) is 14.1. The van der Waals surface area contributed by atoms with Crippen LogP contribution in [-0.2, 0) is 23.3 Å². The predicted octanol–water partition coefficient (Wildman–Crippen LogP) is 5.82. The van der Waals surface area contributed by atoms with E-state index in [1.807, 2.05) is 36.7 Å². The van der Waals surface area contributed by atoms with Crippen molar-refractivity contribution in [2.45, 2.75) is 67.0 Å².